The summed E-state index contributed by atoms with van der Waals surface area (Å²) in [5.41, 5.74) is 1.14. The maximum Gasteiger partial charge on any atom is 0.127 e. The molecule has 1 aromatic carbocycles. The lowest BCUT2D eigenvalue weighted by Crippen LogP contribution is -2.14. The first-order valence-corrected chi connectivity index (χ1v) is 7.21. The van der Waals surface area contributed by atoms with Crippen LogP contribution in [0.1, 0.15) is 18.3 Å². The summed E-state index contributed by atoms with van der Waals surface area (Å²) in [6.07, 6.45) is 4.52. The quantitative estimate of drug-likeness (QED) is 0.809. The van der Waals surface area contributed by atoms with Crippen molar-refractivity contribution in [1.82, 2.24) is 14.9 Å². The molecular weight excluding hydrogens is 266 g/mol. The Labute approximate surface area is 125 Å². The molecule has 114 valence electrons. The third kappa shape index (κ3) is 4.23. The van der Waals surface area contributed by atoms with Crippen molar-refractivity contribution in [3.8, 4) is 11.5 Å². The molecule has 0 fully saturated rings. The number of rotatable bonds is 8. The molecule has 1 aromatic heterocycles. The van der Waals surface area contributed by atoms with Gasteiger partial charge in [0, 0.05) is 44.0 Å². The third-order valence-electron chi connectivity index (χ3n) is 3.34. The molecule has 0 amide bonds. The van der Waals surface area contributed by atoms with E-state index in [9.17, 15) is 0 Å². The maximum absolute atomic E-state index is 5.93. The van der Waals surface area contributed by atoms with Crippen LogP contribution in [0.5, 0.6) is 11.5 Å². The Kier molecular flexibility index (Phi) is 5.63. The zero-order valence-electron chi connectivity index (χ0n) is 12.9. The van der Waals surface area contributed by atoms with Crippen LogP contribution in [0.4, 0.5) is 0 Å². The summed E-state index contributed by atoms with van der Waals surface area (Å²) in [5, 5.41) is 3.32. The van der Waals surface area contributed by atoms with E-state index >= 15 is 0 Å². The lowest BCUT2D eigenvalue weighted by Gasteiger charge is -2.13. The molecule has 1 heterocycles. The molecule has 0 spiro atoms. The summed E-state index contributed by atoms with van der Waals surface area (Å²) in [4.78, 5) is 4.30. The van der Waals surface area contributed by atoms with Gasteiger partial charge in [0.25, 0.3) is 0 Å². The molecule has 0 bridgehead atoms. The van der Waals surface area contributed by atoms with Gasteiger partial charge in [-0.25, -0.2) is 4.98 Å². The number of ether oxygens (including phenoxy) is 2. The number of nitrogens with zero attached hydrogens (tertiary/aromatic N) is 2. The first-order chi connectivity index (χ1) is 10.2. The molecule has 21 heavy (non-hydrogen) atoms. The second kappa shape index (κ2) is 7.69. The fraction of sp³-hybridized carbons (Fsp3) is 0.438. The largest absolute Gasteiger partial charge is 0.497 e. The van der Waals surface area contributed by atoms with E-state index in [1.165, 1.54) is 0 Å². The molecular formula is C16H23N3O2. The van der Waals surface area contributed by atoms with Gasteiger partial charge in [-0.1, -0.05) is 13.0 Å². The number of imidazole rings is 1. The van der Waals surface area contributed by atoms with Gasteiger partial charge in [-0.3, -0.25) is 0 Å². The van der Waals surface area contributed by atoms with Crippen LogP contribution in [0.3, 0.4) is 0 Å². The van der Waals surface area contributed by atoms with Gasteiger partial charge >= 0.3 is 0 Å². The highest BCUT2D eigenvalue weighted by Crippen LogP contribution is 2.25. The van der Waals surface area contributed by atoms with Gasteiger partial charge < -0.3 is 19.4 Å². The van der Waals surface area contributed by atoms with Crippen LogP contribution in [0.25, 0.3) is 0 Å². The van der Waals surface area contributed by atoms with Gasteiger partial charge in [-0.2, -0.15) is 0 Å². The average Bonchev–Trinajstić information content (AvgIpc) is 2.91. The van der Waals surface area contributed by atoms with Crippen molar-refractivity contribution in [3.63, 3.8) is 0 Å². The Hall–Kier alpha value is -2.01. The molecule has 0 unspecified atom stereocenters. The number of hydrogen-bond acceptors (Lipinski definition) is 4. The van der Waals surface area contributed by atoms with Crippen molar-refractivity contribution in [2.45, 2.75) is 19.9 Å². The Morgan fingerprint density at radius 3 is 2.86 bits per heavy atom. The predicted octanol–water partition coefficient (Wildman–Crippen LogP) is 2.16. The summed E-state index contributed by atoms with van der Waals surface area (Å²) in [7, 11) is 3.65. The fourth-order valence-electron chi connectivity index (χ4n) is 2.09. The molecule has 0 aliphatic heterocycles. The number of nitrogens with one attached hydrogen (secondary N) is 1. The molecule has 0 aliphatic rings. The first-order valence-electron chi connectivity index (χ1n) is 7.21. The van der Waals surface area contributed by atoms with Gasteiger partial charge in [-0.05, 0) is 12.6 Å². The fourth-order valence-corrected chi connectivity index (χ4v) is 2.09. The SMILES string of the molecule is CCNCc1ccc(OC)cc1OCCc1nccn1C. The third-order valence-corrected chi connectivity index (χ3v) is 3.34. The Morgan fingerprint density at radius 1 is 1.33 bits per heavy atom. The van der Waals surface area contributed by atoms with E-state index in [0.717, 1.165) is 42.4 Å². The van der Waals surface area contributed by atoms with Crippen molar-refractivity contribution < 1.29 is 9.47 Å². The number of benzene rings is 1. The number of methoxy groups -OCH3 is 1. The van der Waals surface area contributed by atoms with Crippen LogP contribution in [-0.2, 0) is 20.0 Å². The second-order valence-corrected chi connectivity index (χ2v) is 4.81. The summed E-state index contributed by atoms with van der Waals surface area (Å²) >= 11 is 0. The van der Waals surface area contributed by atoms with Gasteiger partial charge in [0.05, 0.1) is 13.7 Å². The van der Waals surface area contributed by atoms with Crippen molar-refractivity contribution >= 4 is 0 Å². The van der Waals surface area contributed by atoms with E-state index in [-0.39, 0.29) is 0 Å². The average molecular weight is 289 g/mol. The van der Waals surface area contributed by atoms with E-state index in [1.807, 2.05) is 36.0 Å². The van der Waals surface area contributed by atoms with E-state index in [4.69, 9.17) is 9.47 Å². The molecule has 0 saturated carbocycles. The maximum atomic E-state index is 5.93. The summed E-state index contributed by atoms with van der Waals surface area (Å²) in [6, 6.07) is 5.93. The minimum absolute atomic E-state index is 0.594. The van der Waals surface area contributed by atoms with Crippen molar-refractivity contribution in [2.75, 3.05) is 20.3 Å². The van der Waals surface area contributed by atoms with Gasteiger partial charge in [-0.15, -0.1) is 0 Å². The first kappa shape index (κ1) is 15.4. The minimum Gasteiger partial charge on any atom is -0.497 e. The highest BCUT2D eigenvalue weighted by molar-refractivity contribution is 5.40. The zero-order valence-corrected chi connectivity index (χ0v) is 12.9. The lowest BCUT2D eigenvalue weighted by molar-refractivity contribution is 0.310. The molecule has 5 heteroatoms. The molecule has 0 aliphatic carbocycles. The van der Waals surface area contributed by atoms with E-state index in [2.05, 4.69) is 17.2 Å². The molecule has 0 atom stereocenters. The number of aryl methyl sites for hydroxylation is 1. The zero-order chi connectivity index (χ0) is 15.1. The van der Waals surface area contributed by atoms with Crippen LogP contribution in [0.2, 0.25) is 0 Å². The Morgan fingerprint density at radius 2 is 2.19 bits per heavy atom. The van der Waals surface area contributed by atoms with Crippen LogP contribution in [0, 0.1) is 0 Å². The molecule has 0 radical (unpaired) electrons. The Balaban J connectivity index is 2.00. The van der Waals surface area contributed by atoms with Crippen molar-refractivity contribution in [1.29, 1.82) is 0 Å². The highest BCUT2D eigenvalue weighted by Gasteiger charge is 2.07. The molecule has 2 rings (SSSR count). The van der Waals surface area contributed by atoms with Gasteiger partial charge in [0.2, 0.25) is 0 Å². The van der Waals surface area contributed by atoms with Crippen molar-refractivity contribution in [3.05, 3.63) is 42.0 Å². The standard InChI is InChI=1S/C16H23N3O2/c1-4-17-12-13-5-6-14(20-3)11-15(13)21-10-7-16-18-8-9-19(16)2/h5-6,8-9,11,17H,4,7,10,12H2,1-3H3. The second-order valence-electron chi connectivity index (χ2n) is 4.81. The van der Waals surface area contributed by atoms with Crippen LogP contribution in [-0.4, -0.2) is 29.8 Å². The minimum atomic E-state index is 0.594. The predicted molar refractivity (Wildman–Crippen MR) is 82.8 cm³/mol. The summed E-state index contributed by atoms with van der Waals surface area (Å²) in [6.45, 7) is 4.40. The number of aromatic nitrogens is 2. The van der Waals surface area contributed by atoms with E-state index in [0.29, 0.717) is 6.61 Å². The van der Waals surface area contributed by atoms with Crippen molar-refractivity contribution in [2.24, 2.45) is 7.05 Å². The van der Waals surface area contributed by atoms with Gasteiger partial charge in [0.15, 0.2) is 0 Å². The van der Waals surface area contributed by atoms with Crippen LogP contribution < -0.4 is 14.8 Å². The topological polar surface area (TPSA) is 48.3 Å². The normalized spacial score (nSPS) is 10.6. The molecule has 2 aromatic rings. The van der Waals surface area contributed by atoms with E-state index < -0.39 is 0 Å². The highest BCUT2D eigenvalue weighted by atomic mass is 16.5. The summed E-state index contributed by atoms with van der Waals surface area (Å²) in [5.74, 6) is 2.69. The number of hydrogen-bond donors (Lipinski definition) is 1. The monoisotopic (exact) mass is 289 g/mol. The van der Waals surface area contributed by atoms with Crippen LogP contribution in [0.15, 0.2) is 30.6 Å². The molecule has 5 nitrogen and oxygen atoms in total. The van der Waals surface area contributed by atoms with E-state index in [1.54, 1.807) is 13.3 Å². The molecule has 1 N–H and O–H groups in total. The Bertz CT molecular complexity index is 566. The lowest BCUT2D eigenvalue weighted by atomic mass is 10.2. The van der Waals surface area contributed by atoms with Crippen LogP contribution >= 0.6 is 0 Å². The summed E-state index contributed by atoms with van der Waals surface area (Å²) < 4.78 is 13.2. The van der Waals surface area contributed by atoms with Gasteiger partial charge in [0.1, 0.15) is 17.3 Å². The molecule has 0 saturated heterocycles. The smallest absolute Gasteiger partial charge is 0.127 e.